The molecule has 0 bridgehead atoms. The minimum Gasteiger partial charge on any atom is -0.415 e. The smallest absolute Gasteiger partial charge is 0.205 e. The van der Waals surface area contributed by atoms with Gasteiger partial charge in [-0.1, -0.05) is 36.4 Å². The molecule has 0 fully saturated rings. The van der Waals surface area contributed by atoms with Gasteiger partial charge in [0.05, 0.1) is 0 Å². The van der Waals surface area contributed by atoms with E-state index in [0.29, 0.717) is 0 Å². The monoisotopic (exact) mass is 192 g/mol. The molecule has 1 atom stereocenters. The van der Waals surface area contributed by atoms with Crippen LogP contribution in [0.5, 0.6) is 0 Å². The molecular weight excluding hydrogens is 176 g/mol. The van der Waals surface area contributed by atoms with Gasteiger partial charge in [-0.3, -0.25) is 0 Å². The Hall–Kier alpha value is -0.863. The Kier molecular flexibility index (Phi) is 4.50. The fourth-order valence-electron chi connectivity index (χ4n) is 1.15. The van der Waals surface area contributed by atoms with E-state index in [2.05, 4.69) is 37.4 Å². The van der Waals surface area contributed by atoms with Gasteiger partial charge < -0.3 is 4.43 Å². The second-order valence-electron chi connectivity index (χ2n) is 3.00. The molecule has 0 amide bonds. The highest BCUT2D eigenvalue weighted by atomic mass is 28.3. The highest BCUT2D eigenvalue weighted by Crippen LogP contribution is 1.92. The van der Waals surface area contributed by atoms with E-state index in [-0.39, 0.29) is 0 Å². The zero-order valence-electron chi connectivity index (χ0n) is 8.07. The van der Waals surface area contributed by atoms with Crippen molar-refractivity contribution < 1.29 is 4.43 Å². The van der Waals surface area contributed by atoms with Gasteiger partial charge in [0.15, 0.2) is 0 Å². The molecule has 70 valence electrons. The predicted octanol–water partition coefficient (Wildman–Crippen LogP) is 1.84. The minimum absolute atomic E-state index is 0.811. The van der Waals surface area contributed by atoms with Gasteiger partial charge in [-0.05, 0) is 18.2 Å². The van der Waals surface area contributed by atoms with E-state index in [4.69, 9.17) is 4.43 Å². The number of hydrogen-bond acceptors (Lipinski definition) is 1. The van der Waals surface area contributed by atoms with Crippen LogP contribution in [-0.4, -0.2) is 15.6 Å². The quantitative estimate of drug-likeness (QED) is 0.393. The van der Waals surface area contributed by atoms with Crippen LogP contribution in [0.4, 0.5) is 0 Å². The van der Waals surface area contributed by atoms with Crippen LogP contribution in [0.25, 0.3) is 0 Å². The largest absolute Gasteiger partial charge is 0.415 e. The van der Waals surface area contributed by atoms with E-state index < -0.39 is 9.04 Å². The van der Waals surface area contributed by atoms with E-state index in [0.717, 1.165) is 13.0 Å². The second-order valence-corrected chi connectivity index (χ2v) is 5.29. The number of hydrogen-bond donors (Lipinski definition) is 0. The summed E-state index contributed by atoms with van der Waals surface area (Å²) in [4.78, 5) is 0. The summed E-state index contributed by atoms with van der Waals surface area (Å²) in [6, 6.07) is 10.5. The Morgan fingerprint density at radius 3 is 2.69 bits per heavy atom. The van der Waals surface area contributed by atoms with E-state index in [1.54, 1.807) is 0 Å². The molecule has 0 saturated heterocycles. The van der Waals surface area contributed by atoms with Crippen LogP contribution in [0.15, 0.2) is 43.0 Å². The van der Waals surface area contributed by atoms with Gasteiger partial charge in [0.2, 0.25) is 9.04 Å². The van der Waals surface area contributed by atoms with Gasteiger partial charge >= 0.3 is 0 Å². The summed E-state index contributed by atoms with van der Waals surface area (Å²) in [6.07, 6.45) is 2.84. The molecule has 1 unspecified atom stereocenters. The molecule has 0 radical (unpaired) electrons. The predicted molar refractivity (Wildman–Crippen MR) is 59.9 cm³/mol. The number of rotatable bonds is 5. The van der Waals surface area contributed by atoms with E-state index >= 15 is 0 Å². The molecule has 1 rings (SSSR count). The maximum atomic E-state index is 5.74. The minimum atomic E-state index is -1.14. The fraction of sp³-hybridized carbons (Fsp3) is 0.273. The highest BCUT2D eigenvalue weighted by molar-refractivity contribution is 6.66. The standard InChI is InChI=1S/C11H16OSi/c1-3-4-10-12-13(2)11-8-6-5-7-9-11/h3,5-9,13H,1,4,10H2,2H3. The van der Waals surface area contributed by atoms with Crippen molar-refractivity contribution >= 4 is 14.2 Å². The summed E-state index contributed by atoms with van der Waals surface area (Å²) in [5.41, 5.74) is 0. The third kappa shape index (κ3) is 3.57. The molecule has 1 aromatic carbocycles. The molecule has 1 nitrogen and oxygen atoms in total. The molecule has 0 aliphatic heterocycles. The van der Waals surface area contributed by atoms with Crippen molar-refractivity contribution in [2.75, 3.05) is 6.61 Å². The Morgan fingerprint density at radius 1 is 1.38 bits per heavy atom. The number of benzene rings is 1. The summed E-state index contributed by atoms with van der Waals surface area (Å²) in [7, 11) is -1.14. The lowest BCUT2D eigenvalue weighted by molar-refractivity contribution is 0.338. The third-order valence-corrected chi connectivity index (χ3v) is 4.02. The summed E-state index contributed by atoms with van der Waals surface area (Å²) < 4.78 is 5.74. The average molecular weight is 192 g/mol. The molecule has 0 heterocycles. The van der Waals surface area contributed by atoms with Gasteiger partial charge in [0.1, 0.15) is 0 Å². The van der Waals surface area contributed by atoms with E-state index in [9.17, 15) is 0 Å². The molecule has 13 heavy (non-hydrogen) atoms. The van der Waals surface area contributed by atoms with E-state index in [1.165, 1.54) is 5.19 Å². The van der Waals surface area contributed by atoms with Crippen LogP contribution in [-0.2, 0) is 4.43 Å². The molecule has 0 aromatic heterocycles. The van der Waals surface area contributed by atoms with Gasteiger partial charge in [-0.25, -0.2) is 0 Å². The Bertz CT molecular complexity index is 246. The lowest BCUT2D eigenvalue weighted by Gasteiger charge is -2.10. The zero-order valence-corrected chi connectivity index (χ0v) is 9.23. The Labute approximate surface area is 81.8 Å². The molecule has 0 spiro atoms. The van der Waals surface area contributed by atoms with Crippen molar-refractivity contribution in [1.82, 2.24) is 0 Å². The summed E-state index contributed by atoms with van der Waals surface area (Å²) in [5, 5.41) is 1.37. The topological polar surface area (TPSA) is 9.23 Å². The average Bonchev–Trinajstić information content (AvgIpc) is 2.19. The summed E-state index contributed by atoms with van der Waals surface area (Å²) in [6.45, 7) is 6.68. The Balaban J connectivity index is 2.39. The van der Waals surface area contributed by atoms with Gasteiger partial charge in [-0.2, -0.15) is 0 Å². The first-order valence-corrected chi connectivity index (χ1v) is 6.82. The summed E-state index contributed by atoms with van der Waals surface area (Å²) >= 11 is 0. The van der Waals surface area contributed by atoms with Crippen molar-refractivity contribution in [3.63, 3.8) is 0 Å². The van der Waals surface area contributed by atoms with Crippen LogP contribution in [0, 0.1) is 0 Å². The normalized spacial score (nSPS) is 12.4. The first-order valence-electron chi connectivity index (χ1n) is 4.62. The van der Waals surface area contributed by atoms with Gasteiger partial charge in [0, 0.05) is 6.61 Å². The van der Waals surface area contributed by atoms with Gasteiger partial charge in [0.25, 0.3) is 0 Å². The zero-order chi connectivity index (χ0) is 9.52. The van der Waals surface area contributed by atoms with E-state index in [1.807, 2.05) is 12.1 Å². The first kappa shape index (κ1) is 10.2. The lowest BCUT2D eigenvalue weighted by atomic mass is 10.4. The highest BCUT2D eigenvalue weighted by Gasteiger charge is 2.05. The molecule has 0 saturated carbocycles. The molecule has 0 aliphatic carbocycles. The van der Waals surface area contributed by atoms with Crippen LogP contribution >= 0.6 is 0 Å². The van der Waals surface area contributed by atoms with Crippen LogP contribution < -0.4 is 5.19 Å². The van der Waals surface area contributed by atoms with Crippen LogP contribution in [0.3, 0.4) is 0 Å². The summed E-state index contributed by atoms with van der Waals surface area (Å²) in [5.74, 6) is 0. The van der Waals surface area contributed by atoms with Crippen molar-refractivity contribution in [2.45, 2.75) is 13.0 Å². The van der Waals surface area contributed by atoms with Crippen molar-refractivity contribution in [3.8, 4) is 0 Å². The second kappa shape index (κ2) is 5.73. The molecule has 2 heteroatoms. The molecule has 0 N–H and O–H groups in total. The molecule has 1 aromatic rings. The van der Waals surface area contributed by atoms with Crippen molar-refractivity contribution in [3.05, 3.63) is 43.0 Å². The third-order valence-electron chi connectivity index (χ3n) is 1.96. The lowest BCUT2D eigenvalue weighted by Crippen LogP contribution is -2.30. The van der Waals surface area contributed by atoms with Crippen molar-refractivity contribution in [2.24, 2.45) is 0 Å². The van der Waals surface area contributed by atoms with Crippen molar-refractivity contribution in [1.29, 1.82) is 0 Å². The molecule has 0 aliphatic rings. The first-order chi connectivity index (χ1) is 6.34. The van der Waals surface area contributed by atoms with Gasteiger partial charge in [-0.15, -0.1) is 6.58 Å². The molecular formula is C11H16OSi. The fourth-order valence-corrected chi connectivity index (χ4v) is 2.59. The maximum Gasteiger partial charge on any atom is 0.205 e. The van der Waals surface area contributed by atoms with Crippen LogP contribution in [0.2, 0.25) is 6.55 Å². The maximum absolute atomic E-state index is 5.74. The SMILES string of the molecule is C=CCCO[SiH](C)c1ccccc1. The van der Waals surface area contributed by atoms with Crippen LogP contribution in [0.1, 0.15) is 6.42 Å². The Morgan fingerprint density at radius 2 is 2.08 bits per heavy atom.